The zero-order chi connectivity index (χ0) is 7.56. The van der Waals surface area contributed by atoms with Crippen LogP contribution in [0.2, 0.25) is 0 Å². The first kappa shape index (κ1) is 8.02. The lowest BCUT2D eigenvalue weighted by atomic mass is 9.94. The highest BCUT2D eigenvalue weighted by atomic mass is 15.1. The predicted molar refractivity (Wildman–Crippen MR) is 43.8 cm³/mol. The van der Waals surface area contributed by atoms with E-state index in [0.717, 1.165) is 12.5 Å². The second-order valence-electron chi connectivity index (χ2n) is 3.52. The summed E-state index contributed by atoms with van der Waals surface area (Å²) in [6.07, 6.45) is 1.34. The van der Waals surface area contributed by atoms with Gasteiger partial charge in [-0.05, 0) is 38.4 Å². The summed E-state index contributed by atoms with van der Waals surface area (Å²) in [6.45, 7) is 5.61. The maximum Gasteiger partial charge on any atom is 0.00101 e. The lowest BCUT2D eigenvalue weighted by Crippen LogP contribution is -2.23. The molecule has 0 aromatic carbocycles. The van der Waals surface area contributed by atoms with Gasteiger partial charge >= 0.3 is 0 Å². The average Bonchev–Trinajstić information content (AvgIpc) is 2.34. The molecule has 0 aromatic heterocycles. The average molecular weight is 142 g/mol. The fourth-order valence-electron chi connectivity index (χ4n) is 1.63. The number of rotatable bonds is 2. The van der Waals surface area contributed by atoms with Gasteiger partial charge < -0.3 is 10.6 Å². The Kier molecular flexibility index (Phi) is 2.69. The van der Waals surface area contributed by atoms with Crippen molar-refractivity contribution >= 4 is 0 Å². The van der Waals surface area contributed by atoms with Gasteiger partial charge in [-0.1, -0.05) is 6.92 Å². The summed E-state index contributed by atoms with van der Waals surface area (Å²) in [6, 6.07) is 0. The van der Waals surface area contributed by atoms with Crippen molar-refractivity contribution in [3.63, 3.8) is 0 Å². The number of nitrogens with two attached hydrogens (primary N) is 1. The Morgan fingerprint density at radius 1 is 1.70 bits per heavy atom. The molecule has 1 aliphatic heterocycles. The lowest BCUT2D eigenvalue weighted by Gasteiger charge is -2.16. The van der Waals surface area contributed by atoms with Gasteiger partial charge in [0.15, 0.2) is 0 Å². The van der Waals surface area contributed by atoms with Crippen molar-refractivity contribution in [2.24, 2.45) is 17.6 Å². The van der Waals surface area contributed by atoms with Crippen molar-refractivity contribution in [1.29, 1.82) is 0 Å². The van der Waals surface area contributed by atoms with Gasteiger partial charge in [0, 0.05) is 6.54 Å². The molecule has 1 aliphatic rings. The summed E-state index contributed by atoms with van der Waals surface area (Å²) < 4.78 is 0. The summed E-state index contributed by atoms with van der Waals surface area (Å²) in [7, 11) is 2.18. The first-order valence-electron chi connectivity index (χ1n) is 4.12. The van der Waals surface area contributed by atoms with Gasteiger partial charge in [0.05, 0.1) is 0 Å². The van der Waals surface area contributed by atoms with Crippen LogP contribution in [-0.2, 0) is 0 Å². The summed E-state index contributed by atoms with van der Waals surface area (Å²) >= 11 is 0. The number of hydrogen-bond donors (Lipinski definition) is 1. The highest BCUT2D eigenvalue weighted by Gasteiger charge is 2.23. The summed E-state index contributed by atoms with van der Waals surface area (Å²) in [5.74, 6) is 1.57. The highest BCUT2D eigenvalue weighted by Crippen LogP contribution is 2.21. The van der Waals surface area contributed by atoms with Gasteiger partial charge in [0.1, 0.15) is 0 Å². The zero-order valence-electron chi connectivity index (χ0n) is 7.01. The van der Waals surface area contributed by atoms with Gasteiger partial charge in [-0.25, -0.2) is 0 Å². The van der Waals surface area contributed by atoms with E-state index in [4.69, 9.17) is 5.73 Å². The first-order chi connectivity index (χ1) is 4.74. The molecule has 2 unspecified atom stereocenters. The van der Waals surface area contributed by atoms with Crippen LogP contribution in [0, 0.1) is 11.8 Å². The Morgan fingerprint density at radius 3 is 2.80 bits per heavy atom. The van der Waals surface area contributed by atoms with Crippen LogP contribution in [0.1, 0.15) is 13.3 Å². The molecule has 0 aliphatic carbocycles. The molecule has 60 valence electrons. The molecular formula is C8H18N2. The molecule has 2 heteroatoms. The molecule has 2 N–H and O–H groups in total. The van der Waals surface area contributed by atoms with Gasteiger partial charge in [-0.3, -0.25) is 0 Å². The standard InChI is InChI=1S/C8H18N2/c1-7(5-9)8-3-4-10(2)6-8/h7-8H,3-6,9H2,1-2H3. The summed E-state index contributed by atoms with van der Waals surface area (Å²) in [5, 5.41) is 0. The van der Waals surface area contributed by atoms with Gasteiger partial charge in [0.2, 0.25) is 0 Å². The minimum atomic E-state index is 0.713. The Hall–Kier alpha value is -0.0800. The molecule has 2 atom stereocenters. The topological polar surface area (TPSA) is 29.3 Å². The smallest absolute Gasteiger partial charge is 0.00101 e. The van der Waals surface area contributed by atoms with Gasteiger partial charge in [-0.2, -0.15) is 0 Å². The largest absolute Gasteiger partial charge is 0.330 e. The molecule has 2 nitrogen and oxygen atoms in total. The normalized spacial score (nSPS) is 30.9. The quantitative estimate of drug-likeness (QED) is 0.609. The second-order valence-corrected chi connectivity index (χ2v) is 3.52. The molecule has 1 saturated heterocycles. The van der Waals surface area contributed by atoms with Crippen LogP contribution in [0.25, 0.3) is 0 Å². The molecule has 1 heterocycles. The van der Waals surface area contributed by atoms with E-state index in [9.17, 15) is 0 Å². The molecule has 10 heavy (non-hydrogen) atoms. The SMILES string of the molecule is CC(CN)C1CCN(C)C1. The van der Waals surface area contributed by atoms with Crippen molar-refractivity contribution in [3.05, 3.63) is 0 Å². The van der Waals surface area contributed by atoms with E-state index in [-0.39, 0.29) is 0 Å². The van der Waals surface area contributed by atoms with Gasteiger partial charge in [-0.15, -0.1) is 0 Å². The molecule has 1 rings (SSSR count). The summed E-state index contributed by atoms with van der Waals surface area (Å²) in [5.41, 5.74) is 5.58. The lowest BCUT2D eigenvalue weighted by molar-refractivity contribution is 0.341. The fourth-order valence-corrected chi connectivity index (χ4v) is 1.63. The monoisotopic (exact) mass is 142 g/mol. The number of nitrogens with zero attached hydrogens (tertiary/aromatic N) is 1. The third-order valence-corrected chi connectivity index (χ3v) is 2.60. The third-order valence-electron chi connectivity index (χ3n) is 2.60. The van der Waals surface area contributed by atoms with Crippen molar-refractivity contribution < 1.29 is 0 Å². The van der Waals surface area contributed by atoms with Crippen molar-refractivity contribution in [2.75, 3.05) is 26.7 Å². The number of likely N-dealkylation sites (tertiary alicyclic amines) is 1. The fraction of sp³-hybridized carbons (Fsp3) is 1.00. The molecule has 0 bridgehead atoms. The molecule has 0 saturated carbocycles. The third kappa shape index (κ3) is 1.70. The van der Waals surface area contributed by atoms with Crippen LogP contribution in [0.15, 0.2) is 0 Å². The second kappa shape index (κ2) is 3.35. The maximum absolute atomic E-state index is 5.58. The Bertz CT molecular complexity index is 103. The van der Waals surface area contributed by atoms with Crippen LogP contribution in [0.5, 0.6) is 0 Å². The first-order valence-corrected chi connectivity index (χ1v) is 4.12. The molecule has 0 spiro atoms. The van der Waals surface area contributed by atoms with E-state index in [1.165, 1.54) is 19.5 Å². The molecule has 0 radical (unpaired) electrons. The maximum atomic E-state index is 5.58. The minimum Gasteiger partial charge on any atom is -0.330 e. The predicted octanol–water partition coefficient (Wildman–Crippen LogP) is 0.533. The zero-order valence-corrected chi connectivity index (χ0v) is 7.01. The molecule has 0 aromatic rings. The summed E-state index contributed by atoms with van der Waals surface area (Å²) in [4.78, 5) is 2.39. The van der Waals surface area contributed by atoms with Gasteiger partial charge in [0.25, 0.3) is 0 Å². The Labute approximate surface area is 63.4 Å². The number of hydrogen-bond acceptors (Lipinski definition) is 2. The van der Waals surface area contributed by atoms with E-state index >= 15 is 0 Å². The van der Waals surface area contributed by atoms with Crippen LogP contribution in [0.3, 0.4) is 0 Å². The van der Waals surface area contributed by atoms with Crippen molar-refractivity contribution in [3.8, 4) is 0 Å². The van der Waals surface area contributed by atoms with E-state index in [1.54, 1.807) is 0 Å². The van der Waals surface area contributed by atoms with Crippen molar-refractivity contribution in [1.82, 2.24) is 4.90 Å². The Morgan fingerprint density at radius 2 is 2.40 bits per heavy atom. The molecule has 0 amide bonds. The van der Waals surface area contributed by atoms with Crippen LogP contribution in [-0.4, -0.2) is 31.6 Å². The minimum absolute atomic E-state index is 0.713. The Balaban J connectivity index is 2.29. The van der Waals surface area contributed by atoms with Crippen LogP contribution >= 0.6 is 0 Å². The van der Waals surface area contributed by atoms with E-state index < -0.39 is 0 Å². The highest BCUT2D eigenvalue weighted by molar-refractivity contribution is 4.77. The van der Waals surface area contributed by atoms with Crippen molar-refractivity contribution in [2.45, 2.75) is 13.3 Å². The molecular weight excluding hydrogens is 124 g/mol. The van der Waals surface area contributed by atoms with E-state index in [2.05, 4.69) is 18.9 Å². The van der Waals surface area contributed by atoms with Crippen LogP contribution < -0.4 is 5.73 Å². The molecule has 1 fully saturated rings. The van der Waals surface area contributed by atoms with E-state index in [0.29, 0.717) is 5.92 Å². The van der Waals surface area contributed by atoms with E-state index in [1.807, 2.05) is 0 Å². The van der Waals surface area contributed by atoms with Crippen LogP contribution in [0.4, 0.5) is 0 Å².